The fraction of sp³-hybridized carbons (Fsp3) is 0. The first-order valence-electron chi connectivity index (χ1n) is 37.8. The molecule has 0 radical (unpaired) electrons. The van der Waals surface area contributed by atoms with E-state index in [1.165, 1.54) is 154 Å². The first-order valence-corrected chi connectivity index (χ1v) is 37.8. The van der Waals surface area contributed by atoms with Crippen molar-refractivity contribution in [3.8, 4) is 122 Å². The Morgan fingerprint density at radius 2 is 0.591 bits per heavy atom. The van der Waals surface area contributed by atoms with Crippen LogP contribution in [0.5, 0.6) is 0 Å². The van der Waals surface area contributed by atoms with Gasteiger partial charge in [0, 0.05) is 46.7 Å². The van der Waals surface area contributed by atoms with Crippen LogP contribution in [0.1, 0.15) is 0 Å². The molecule has 20 aromatic rings. The van der Waals surface area contributed by atoms with E-state index in [9.17, 15) is 0 Å². The lowest BCUT2D eigenvalue weighted by Crippen LogP contribution is -2.11. The van der Waals surface area contributed by atoms with Crippen LogP contribution in [0, 0.1) is 0 Å². The van der Waals surface area contributed by atoms with Gasteiger partial charge in [-0.05, 0) is 261 Å². The molecule has 110 heavy (non-hydrogen) atoms. The van der Waals surface area contributed by atoms with Gasteiger partial charge in [-0.3, -0.25) is 9.88 Å². The summed E-state index contributed by atoms with van der Waals surface area (Å²) >= 11 is 0. The summed E-state index contributed by atoms with van der Waals surface area (Å²) in [5.41, 5.74) is 32.1. The van der Waals surface area contributed by atoms with Crippen LogP contribution in [0.4, 0.5) is 34.3 Å². The summed E-state index contributed by atoms with van der Waals surface area (Å²) in [6.45, 7) is 0. The molecule has 2 aromatic heterocycles. The van der Waals surface area contributed by atoms with E-state index < -0.39 is 0 Å². The number of hydrogen-bond donors (Lipinski definition) is 0. The molecule has 0 saturated carbocycles. The zero-order valence-corrected chi connectivity index (χ0v) is 59.9. The third-order valence-electron chi connectivity index (χ3n) is 23.0. The zero-order chi connectivity index (χ0) is 72.3. The summed E-state index contributed by atoms with van der Waals surface area (Å²) in [4.78, 5) is 14.1. The van der Waals surface area contributed by atoms with E-state index >= 15 is 0 Å². The molecule has 0 unspecified atom stereocenters. The van der Waals surface area contributed by atoms with Crippen LogP contribution in [0.25, 0.3) is 187 Å². The van der Waals surface area contributed by atoms with E-state index in [0.717, 1.165) is 67.3 Å². The first-order chi connectivity index (χ1) is 54.6. The fourth-order valence-electron chi connectivity index (χ4n) is 18.3. The molecule has 2 aliphatic rings. The number of nitrogens with zero attached hydrogens (tertiary/aromatic N) is 4. The van der Waals surface area contributed by atoms with Gasteiger partial charge in [-0.1, -0.05) is 303 Å². The van der Waals surface area contributed by atoms with Gasteiger partial charge in [-0.2, -0.15) is 0 Å². The van der Waals surface area contributed by atoms with Crippen molar-refractivity contribution in [2.45, 2.75) is 0 Å². The first kappa shape index (κ1) is 62.8. The Bertz CT molecular complexity index is 6990. The second-order valence-electron chi connectivity index (χ2n) is 29.0. The standard InChI is InChI=1S/C106H66N4/c1-5-24-70(25-6-1)97-87-35-17-18-36-88(87)98(71-26-7-2-8-27-71)105-92-56-54-82(85-37-21-39-90(101(85)92)103(97)105)68-43-48-78(49-44-68)109(80-58-61-107-62-59-80)95-66-77(63-76-33-15-16-34-84(76)95)75-47-53-89-94(65-75)100(73-30-11-4-12-31-73)104-91-40-22-38-86-83(55-57-93(102(86)91)106(104)99(89)72-28-9-3-10-29-72)69-45-50-79(51-46-69)110(96-41-19-20-60-108-96)81-52-42-67-23-13-14-32-74(67)64-81/h1-66H. The minimum Gasteiger partial charge on any atom is -0.310 e. The summed E-state index contributed by atoms with van der Waals surface area (Å²) in [6, 6.07) is 141. The number of aromatic nitrogens is 2. The lowest BCUT2D eigenvalue weighted by atomic mass is 9.81. The van der Waals surface area contributed by atoms with Crippen molar-refractivity contribution in [1.82, 2.24) is 9.97 Å². The van der Waals surface area contributed by atoms with Crippen LogP contribution in [-0.4, -0.2) is 9.97 Å². The van der Waals surface area contributed by atoms with Gasteiger partial charge in [-0.25, -0.2) is 4.98 Å². The number of hydrogen-bond acceptors (Lipinski definition) is 4. The highest BCUT2D eigenvalue weighted by atomic mass is 15.2. The van der Waals surface area contributed by atoms with Crippen LogP contribution in [0.3, 0.4) is 0 Å². The predicted octanol–water partition coefficient (Wildman–Crippen LogP) is 29.3. The number of pyridine rings is 2. The molecule has 18 aromatic carbocycles. The normalized spacial score (nSPS) is 11.8. The lowest BCUT2D eigenvalue weighted by Gasteiger charge is -2.28. The van der Waals surface area contributed by atoms with Gasteiger partial charge in [0.2, 0.25) is 0 Å². The maximum Gasteiger partial charge on any atom is 0.137 e. The summed E-state index contributed by atoms with van der Waals surface area (Å²) in [5.74, 6) is 0.859. The topological polar surface area (TPSA) is 32.3 Å². The van der Waals surface area contributed by atoms with Crippen LogP contribution >= 0.6 is 0 Å². The summed E-state index contributed by atoms with van der Waals surface area (Å²) in [7, 11) is 0. The van der Waals surface area contributed by atoms with Crippen molar-refractivity contribution in [2.75, 3.05) is 9.80 Å². The average molecular weight is 1400 g/mol. The molecule has 510 valence electrons. The van der Waals surface area contributed by atoms with Gasteiger partial charge in [0.15, 0.2) is 0 Å². The zero-order valence-electron chi connectivity index (χ0n) is 59.9. The van der Waals surface area contributed by atoms with Crippen molar-refractivity contribution in [3.05, 3.63) is 401 Å². The molecule has 0 bridgehead atoms. The number of rotatable bonds is 13. The Morgan fingerprint density at radius 1 is 0.182 bits per heavy atom. The maximum atomic E-state index is 4.88. The summed E-state index contributed by atoms with van der Waals surface area (Å²) in [5, 5.41) is 14.6. The number of benzene rings is 18. The largest absolute Gasteiger partial charge is 0.310 e. The van der Waals surface area contributed by atoms with E-state index in [0.29, 0.717) is 0 Å². The summed E-state index contributed by atoms with van der Waals surface area (Å²) < 4.78 is 0. The second kappa shape index (κ2) is 25.6. The van der Waals surface area contributed by atoms with Gasteiger partial charge in [-0.15, -0.1) is 0 Å². The van der Waals surface area contributed by atoms with E-state index in [-0.39, 0.29) is 0 Å². The molecule has 22 rings (SSSR count). The minimum atomic E-state index is 0.859. The quantitative estimate of drug-likeness (QED) is 0.115. The van der Waals surface area contributed by atoms with E-state index in [1.54, 1.807) is 0 Å². The number of fused-ring (bicyclic) bond motifs is 10. The van der Waals surface area contributed by atoms with Crippen LogP contribution in [-0.2, 0) is 0 Å². The van der Waals surface area contributed by atoms with Crippen molar-refractivity contribution in [1.29, 1.82) is 0 Å². The Balaban J connectivity index is 0.681. The van der Waals surface area contributed by atoms with Gasteiger partial charge >= 0.3 is 0 Å². The van der Waals surface area contributed by atoms with Gasteiger partial charge in [0.05, 0.1) is 5.69 Å². The minimum absolute atomic E-state index is 0.859. The smallest absolute Gasteiger partial charge is 0.137 e. The Hall–Kier alpha value is -14.6. The Morgan fingerprint density at radius 3 is 1.12 bits per heavy atom. The third-order valence-corrected chi connectivity index (χ3v) is 23.0. The SMILES string of the molecule is c1ccc(-c2c3c(c(-c4ccccc4)c4ccccc24)-c2ccc(-c4ccc(N(c5ccncc5)c5cc(-c6ccc7c(-c8ccccc8)c8c(c(-c9ccccc9)c7c6)-c6cccc7c(-c9ccc(N(c%10ccc%11ccccc%11c%10)c%10ccccn%10)cc9)ccc-8c67)cc6ccccc56)cc4)c4cccc-3c24)cc1. The highest BCUT2D eigenvalue weighted by Crippen LogP contribution is 2.61. The number of anilines is 6. The molecule has 0 spiro atoms. The van der Waals surface area contributed by atoms with Gasteiger partial charge in [0.25, 0.3) is 0 Å². The van der Waals surface area contributed by atoms with Crippen molar-refractivity contribution in [3.63, 3.8) is 0 Å². The highest BCUT2D eigenvalue weighted by molar-refractivity contribution is 6.31. The molecule has 2 heterocycles. The highest BCUT2D eigenvalue weighted by Gasteiger charge is 2.34. The molecule has 4 heteroatoms. The molecule has 2 aliphatic carbocycles. The van der Waals surface area contributed by atoms with Gasteiger partial charge in [0.1, 0.15) is 5.82 Å². The Labute approximate surface area is 637 Å². The second-order valence-corrected chi connectivity index (χ2v) is 29.0. The van der Waals surface area contributed by atoms with E-state index in [1.807, 2.05) is 24.7 Å². The van der Waals surface area contributed by atoms with E-state index in [2.05, 4.69) is 391 Å². The molecule has 0 fully saturated rings. The molecular formula is C106H66N4. The molecule has 0 aliphatic heterocycles. The van der Waals surface area contributed by atoms with Crippen molar-refractivity contribution in [2.24, 2.45) is 0 Å². The van der Waals surface area contributed by atoms with Crippen LogP contribution < -0.4 is 9.80 Å². The van der Waals surface area contributed by atoms with Crippen molar-refractivity contribution >= 4 is 98.9 Å². The van der Waals surface area contributed by atoms with E-state index in [4.69, 9.17) is 4.98 Å². The molecule has 0 atom stereocenters. The monoisotopic (exact) mass is 1390 g/mol. The predicted molar refractivity (Wildman–Crippen MR) is 463 cm³/mol. The molecule has 0 N–H and O–H groups in total. The van der Waals surface area contributed by atoms with Crippen LogP contribution in [0.15, 0.2) is 401 Å². The molecule has 4 nitrogen and oxygen atoms in total. The average Bonchev–Trinajstić information content (AvgIpc) is 1.53. The lowest BCUT2D eigenvalue weighted by molar-refractivity contribution is 1.18. The van der Waals surface area contributed by atoms with Crippen molar-refractivity contribution < 1.29 is 0 Å². The third kappa shape index (κ3) is 10.0. The molecule has 0 amide bonds. The summed E-state index contributed by atoms with van der Waals surface area (Å²) in [6.07, 6.45) is 5.68. The molecular weight excluding hydrogens is 1330 g/mol. The fourth-order valence-corrected chi connectivity index (χ4v) is 18.3. The maximum absolute atomic E-state index is 4.88. The van der Waals surface area contributed by atoms with Crippen LogP contribution in [0.2, 0.25) is 0 Å². The van der Waals surface area contributed by atoms with Gasteiger partial charge < -0.3 is 4.90 Å². The molecule has 0 saturated heterocycles. The Kier molecular flexibility index (Phi) is 14.6.